The van der Waals surface area contributed by atoms with Crippen LogP contribution in [0.1, 0.15) is 12.0 Å². The van der Waals surface area contributed by atoms with Crippen LogP contribution in [-0.4, -0.2) is 46.5 Å². The second-order valence-corrected chi connectivity index (χ2v) is 4.49. The van der Waals surface area contributed by atoms with E-state index in [-0.39, 0.29) is 11.6 Å². The number of piperazine rings is 1. The second kappa shape index (κ2) is 5.77. The normalized spacial score (nSPS) is 15.7. The van der Waals surface area contributed by atoms with Gasteiger partial charge in [0.1, 0.15) is 0 Å². The molecule has 18 heavy (non-hydrogen) atoms. The van der Waals surface area contributed by atoms with Crippen LogP contribution in [0, 0.1) is 6.92 Å². The summed E-state index contributed by atoms with van der Waals surface area (Å²) in [5.74, 6) is 0.102. The van der Waals surface area contributed by atoms with Crippen molar-refractivity contribution in [3.8, 4) is 0 Å². The lowest BCUT2D eigenvalue weighted by Gasteiger charge is -2.27. The van der Waals surface area contributed by atoms with E-state index in [2.05, 4.69) is 10.3 Å². The third-order valence-corrected chi connectivity index (χ3v) is 3.02. The van der Waals surface area contributed by atoms with Gasteiger partial charge in [-0.3, -0.25) is 9.36 Å². The lowest BCUT2D eigenvalue weighted by Crippen LogP contribution is -2.46. The first-order valence-corrected chi connectivity index (χ1v) is 6.18. The van der Waals surface area contributed by atoms with Crippen molar-refractivity contribution in [3.63, 3.8) is 0 Å². The Morgan fingerprint density at radius 1 is 1.44 bits per heavy atom. The average molecular weight is 250 g/mol. The average Bonchev–Trinajstić information content (AvgIpc) is 2.40. The minimum Gasteiger partial charge on any atom is -0.340 e. The number of amides is 1. The molecule has 1 amide bonds. The van der Waals surface area contributed by atoms with Crippen molar-refractivity contribution in [2.24, 2.45) is 0 Å². The number of nitrogens with one attached hydrogen (secondary N) is 1. The third kappa shape index (κ3) is 3.16. The summed E-state index contributed by atoms with van der Waals surface area (Å²) in [7, 11) is 0. The molecule has 1 fully saturated rings. The minimum absolute atomic E-state index is 0.102. The SMILES string of the molecule is Cc1cnc(=O)n(CCC(=O)N2CCNCC2)c1. The number of nitrogens with zero attached hydrogens (tertiary/aromatic N) is 3. The van der Waals surface area contributed by atoms with Gasteiger partial charge in [-0.15, -0.1) is 0 Å². The van der Waals surface area contributed by atoms with E-state index >= 15 is 0 Å². The first kappa shape index (κ1) is 12.8. The van der Waals surface area contributed by atoms with Gasteiger partial charge in [0, 0.05) is 51.5 Å². The van der Waals surface area contributed by atoms with Crippen LogP contribution in [0.15, 0.2) is 17.2 Å². The maximum Gasteiger partial charge on any atom is 0.347 e. The van der Waals surface area contributed by atoms with Crippen molar-refractivity contribution in [2.45, 2.75) is 19.9 Å². The summed E-state index contributed by atoms with van der Waals surface area (Å²) in [6, 6.07) is 0. The number of carbonyl (C=O) groups excluding carboxylic acids is 1. The maximum absolute atomic E-state index is 11.9. The Labute approximate surface area is 106 Å². The molecular formula is C12H18N4O2. The molecule has 0 spiro atoms. The molecule has 0 aliphatic carbocycles. The van der Waals surface area contributed by atoms with Gasteiger partial charge in [0.25, 0.3) is 0 Å². The van der Waals surface area contributed by atoms with Crippen LogP contribution in [0.4, 0.5) is 0 Å². The van der Waals surface area contributed by atoms with E-state index in [1.54, 1.807) is 6.20 Å². The van der Waals surface area contributed by atoms with Crippen LogP contribution >= 0.6 is 0 Å². The van der Waals surface area contributed by atoms with Crippen LogP contribution < -0.4 is 11.0 Å². The molecule has 2 rings (SSSR count). The lowest BCUT2D eigenvalue weighted by atomic mass is 10.3. The van der Waals surface area contributed by atoms with Crippen LogP contribution in [0.2, 0.25) is 0 Å². The maximum atomic E-state index is 11.9. The van der Waals surface area contributed by atoms with E-state index in [9.17, 15) is 9.59 Å². The van der Waals surface area contributed by atoms with Crippen LogP contribution in [0.3, 0.4) is 0 Å². The Morgan fingerprint density at radius 3 is 2.89 bits per heavy atom. The van der Waals surface area contributed by atoms with Crippen molar-refractivity contribution in [1.29, 1.82) is 0 Å². The molecule has 6 heteroatoms. The van der Waals surface area contributed by atoms with Crippen molar-refractivity contribution >= 4 is 5.91 Å². The summed E-state index contributed by atoms with van der Waals surface area (Å²) in [4.78, 5) is 29.0. The molecule has 1 aliphatic heterocycles. The number of carbonyl (C=O) groups is 1. The standard InChI is InChI=1S/C12H18N4O2/c1-10-8-14-12(18)16(9-10)5-2-11(17)15-6-3-13-4-7-15/h8-9,13H,2-7H2,1H3. The Bertz CT molecular complexity index is 477. The molecule has 6 nitrogen and oxygen atoms in total. The summed E-state index contributed by atoms with van der Waals surface area (Å²) in [6.07, 6.45) is 3.63. The van der Waals surface area contributed by atoms with E-state index in [1.165, 1.54) is 10.8 Å². The first-order chi connectivity index (χ1) is 8.66. The molecule has 1 aromatic heterocycles. The van der Waals surface area contributed by atoms with Gasteiger partial charge in [-0.25, -0.2) is 9.78 Å². The molecule has 0 unspecified atom stereocenters. The molecular weight excluding hydrogens is 232 g/mol. The highest BCUT2D eigenvalue weighted by atomic mass is 16.2. The molecule has 0 bridgehead atoms. The van der Waals surface area contributed by atoms with Gasteiger partial charge >= 0.3 is 5.69 Å². The fourth-order valence-electron chi connectivity index (χ4n) is 2.01. The third-order valence-electron chi connectivity index (χ3n) is 3.02. The number of aromatic nitrogens is 2. The Hall–Kier alpha value is -1.69. The van der Waals surface area contributed by atoms with Gasteiger partial charge in [0.15, 0.2) is 0 Å². The predicted molar refractivity (Wildman–Crippen MR) is 67.3 cm³/mol. The van der Waals surface area contributed by atoms with E-state index in [0.717, 1.165) is 31.7 Å². The Balaban J connectivity index is 1.92. The Morgan fingerprint density at radius 2 is 2.17 bits per heavy atom. The van der Waals surface area contributed by atoms with Crippen molar-refractivity contribution < 1.29 is 4.79 Å². The van der Waals surface area contributed by atoms with Gasteiger partial charge in [-0.1, -0.05) is 0 Å². The van der Waals surface area contributed by atoms with Crippen molar-refractivity contribution in [2.75, 3.05) is 26.2 Å². The van der Waals surface area contributed by atoms with Gasteiger partial charge in [0.05, 0.1) is 0 Å². The van der Waals surface area contributed by atoms with Crippen LogP contribution in [0.5, 0.6) is 0 Å². The van der Waals surface area contributed by atoms with Crippen molar-refractivity contribution in [3.05, 3.63) is 28.4 Å². The topological polar surface area (TPSA) is 67.2 Å². The number of aryl methyl sites for hydroxylation is 2. The molecule has 0 aromatic carbocycles. The zero-order valence-electron chi connectivity index (χ0n) is 10.6. The van der Waals surface area contributed by atoms with Crippen LogP contribution in [0.25, 0.3) is 0 Å². The second-order valence-electron chi connectivity index (χ2n) is 4.49. The highest BCUT2D eigenvalue weighted by molar-refractivity contribution is 5.76. The predicted octanol–water partition coefficient (Wildman–Crippen LogP) is -0.626. The quantitative estimate of drug-likeness (QED) is 0.776. The lowest BCUT2D eigenvalue weighted by molar-refractivity contribution is -0.132. The summed E-state index contributed by atoms with van der Waals surface area (Å²) in [6.45, 7) is 5.46. The summed E-state index contributed by atoms with van der Waals surface area (Å²) >= 11 is 0. The molecule has 1 aliphatic rings. The molecule has 98 valence electrons. The zero-order chi connectivity index (χ0) is 13.0. The van der Waals surface area contributed by atoms with E-state index in [0.29, 0.717) is 13.0 Å². The monoisotopic (exact) mass is 250 g/mol. The summed E-state index contributed by atoms with van der Waals surface area (Å²) < 4.78 is 1.50. The van der Waals surface area contributed by atoms with Crippen LogP contribution in [-0.2, 0) is 11.3 Å². The molecule has 0 radical (unpaired) electrons. The minimum atomic E-state index is -0.297. The molecule has 1 N–H and O–H groups in total. The first-order valence-electron chi connectivity index (χ1n) is 6.18. The number of rotatable bonds is 3. The fraction of sp³-hybridized carbons (Fsp3) is 0.583. The highest BCUT2D eigenvalue weighted by Crippen LogP contribution is 1.99. The van der Waals surface area contributed by atoms with Crippen molar-refractivity contribution in [1.82, 2.24) is 19.8 Å². The van der Waals surface area contributed by atoms with E-state index in [1.807, 2.05) is 11.8 Å². The van der Waals surface area contributed by atoms with E-state index < -0.39 is 0 Å². The highest BCUT2D eigenvalue weighted by Gasteiger charge is 2.15. The zero-order valence-corrected chi connectivity index (χ0v) is 10.6. The van der Waals surface area contributed by atoms with Gasteiger partial charge < -0.3 is 10.2 Å². The number of hydrogen-bond donors (Lipinski definition) is 1. The molecule has 0 saturated carbocycles. The number of hydrogen-bond acceptors (Lipinski definition) is 4. The molecule has 2 heterocycles. The molecule has 1 aromatic rings. The largest absolute Gasteiger partial charge is 0.347 e. The van der Waals surface area contributed by atoms with Gasteiger partial charge in [-0.2, -0.15) is 0 Å². The fourth-order valence-corrected chi connectivity index (χ4v) is 2.01. The molecule has 1 saturated heterocycles. The smallest absolute Gasteiger partial charge is 0.340 e. The van der Waals surface area contributed by atoms with Gasteiger partial charge in [0.2, 0.25) is 5.91 Å². The van der Waals surface area contributed by atoms with E-state index in [4.69, 9.17) is 0 Å². The summed E-state index contributed by atoms with van der Waals surface area (Å²) in [5.41, 5.74) is 0.623. The van der Waals surface area contributed by atoms with Gasteiger partial charge in [-0.05, 0) is 12.5 Å². The summed E-state index contributed by atoms with van der Waals surface area (Å²) in [5, 5.41) is 3.20. The Kier molecular flexibility index (Phi) is 4.09. The molecule has 0 atom stereocenters.